The summed E-state index contributed by atoms with van der Waals surface area (Å²) in [5.74, 6) is 0.453. The van der Waals surface area contributed by atoms with Crippen molar-refractivity contribution in [3.8, 4) is 6.07 Å². The number of hydrogen-bond donors (Lipinski definition) is 2. The van der Waals surface area contributed by atoms with E-state index in [2.05, 4.69) is 15.3 Å². The largest absolute Gasteiger partial charge is 0.396 e. The van der Waals surface area contributed by atoms with Crippen LogP contribution >= 0.6 is 0 Å². The van der Waals surface area contributed by atoms with Crippen LogP contribution in [0.5, 0.6) is 0 Å². The van der Waals surface area contributed by atoms with E-state index in [0.717, 1.165) is 12.8 Å². The lowest BCUT2D eigenvalue weighted by atomic mass is 10.1. The lowest BCUT2D eigenvalue weighted by Gasteiger charge is -2.12. The molecular formula is C10H12N4O. The number of aromatic nitrogens is 2. The number of nitrogens with zero attached hydrogens (tertiary/aromatic N) is 3. The van der Waals surface area contributed by atoms with Crippen LogP contribution in [0.1, 0.15) is 18.5 Å². The molecule has 1 saturated carbocycles. The van der Waals surface area contributed by atoms with E-state index in [-0.39, 0.29) is 12.0 Å². The Kier molecular flexibility index (Phi) is 2.52. The summed E-state index contributed by atoms with van der Waals surface area (Å²) in [4.78, 5) is 7.99. The number of aliphatic hydroxyl groups is 1. The molecule has 2 rings (SSSR count). The lowest BCUT2D eigenvalue weighted by molar-refractivity contribution is 0.219. The van der Waals surface area contributed by atoms with Crippen LogP contribution in [0.2, 0.25) is 0 Å². The summed E-state index contributed by atoms with van der Waals surface area (Å²) in [5.41, 5.74) is 0.368. The first-order valence-electron chi connectivity index (χ1n) is 4.86. The molecule has 0 aliphatic heterocycles. The average molecular weight is 204 g/mol. The number of nitrogens with one attached hydrogen (secondary N) is 1. The SMILES string of the molecule is N#Cc1ccnc(NCC2(CO)CC2)n1. The molecule has 1 aliphatic rings. The Hall–Kier alpha value is -1.67. The molecule has 0 amide bonds. The molecule has 1 fully saturated rings. The number of rotatable bonds is 4. The van der Waals surface area contributed by atoms with Gasteiger partial charge in [-0.2, -0.15) is 5.26 Å². The molecular weight excluding hydrogens is 192 g/mol. The van der Waals surface area contributed by atoms with Crippen molar-refractivity contribution in [3.05, 3.63) is 18.0 Å². The van der Waals surface area contributed by atoms with Crippen LogP contribution in [0.4, 0.5) is 5.95 Å². The van der Waals surface area contributed by atoms with Gasteiger partial charge in [-0.1, -0.05) is 0 Å². The number of anilines is 1. The van der Waals surface area contributed by atoms with E-state index in [1.165, 1.54) is 0 Å². The zero-order valence-electron chi connectivity index (χ0n) is 8.27. The molecule has 0 unspecified atom stereocenters. The van der Waals surface area contributed by atoms with Gasteiger partial charge in [0.25, 0.3) is 0 Å². The summed E-state index contributed by atoms with van der Waals surface area (Å²) in [6, 6.07) is 3.51. The van der Waals surface area contributed by atoms with E-state index in [0.29, 0.717) is 18.2 Å². The van der Waals surface area contributed by atoms with Gasteiger partial charge in [-0.15, -0.1) is 0 Å². The first kappa shape index (κ1) is 9.87. The smallest absolute Gasteiger partial charge is 0.223 e. The van der Waals surface area contributed by atoms with Crippen molar-refractivity contribution in [2.24, 2.45) is 5.41 Å². The van der Waals surface area contributed by atoms with Crippen molar-refractivity contribution in [1.29, 1.82) is 5.26 Å². The molecule has 1 aliphatic carbocycles. The third kappa shape index (κ3) is 2.22. The van der Waals surface area contributed by atoms with Gasteiger partial charge in [0.15, 0.2) is 0 Å². The van der Waals surface area contributed by atoms with E-state index in [1.807, 2.05) is 6.07 Å². The maximum Gasteiger partial charge on any atom is 0.223 e. The van der Waals surface area contributed by atoms with Crippen LogP contribution in [0.3, 0.4) is 0 Å². The molecule has 0 saturated heterocycles. The summed E-state index contributed by atoms with van der Waals surface area (Å²) < 4.78 is 0. The van der Waals surface area contributed by atoms with Crippen LogP contribution in [0.25, 0.3) is 0 Å². The highest BCUT2D eigenvalue weighted by Crippen LogP contribution is 2.44. The molecule has 5 heteroatoms. The Balaban J connectivity index is 1.96. The molecule has 1 heterocycles. The summed E-state index contributed by atoms with van der Waals surface area (Å²) in [5, 5.41) is 20.8. The van der Waals surface area contributed by atoms with Crippen molar-refractivity contribution in [2.75, 3.05) is 18.5 Å². The fourth-order valence-electron chi connectivity index (χ4n) is 1.34. The number of hydrogen-bond acceptors (Lipinski definition) is 5. The van der Waals surface area contributed by atoms with Crippen LogP contribution in [0.15, 0.2) is 12.3 Å². The van der Waals surface area contributed by atoms with E-state index in [1.54, 1.807) is 12.3 Å². The predicted octanol–water partition coefficient (Wildman–Crippen LogP) is 0.533. The molecule has 0 radical (unpaired) electrons. The topological polar surface area (TPSA) is 81.8 Å². The molecule has 1 aromatic heterocycles. The van der Waals surface area contributed by atoms with Crippen molar-refractivity contribution in [1.82, 2.24) is 9.97 Å². The zero-order chi connectivity index (χ0) is 10.7. The molecule has 1 aromatic rings. The minimum atomic E-state index is 0.0198. The standard InChI is InChI=1S/C10H12N4O/c11-5-8-1-4-12-9(14-8)13-6-10(7-15)2-3-10/h1,4,15H,2-3,6-7H2,(H,12,13,14). The van der Waals surface area contributed by atoms with E-state index in [4.69, 9.17) is 10.4 Å². The fraction of sp³-hybridized carbons (Fsp3) is 0.500. The molecule has 0 atom stereocenters. The summed E-state index contributed by atoms with van der Waals surface area (Å²) in [7, 11) is 0. The number of nitriles is 1. The van der Waals surface area contributed by atoms with E-state index >= 15 is 0 Å². The van der Waals surface area contributed by atoms with Gasteiger partial charge in [-0.25, -0.2) is 9.97 Å². The molecule has 0 bridgehead atoms. The molecule has 2 N–H and O–H groups in total. The van der Waals surface area contributed by atoms with Crippen LogP contribution in [-0.4, -0.2) is 28.2 Å². The maximum absolute atomic E-state index is 9.10. The van der Waals surface area contributed by atoms with Gasteiger partial charge >= 0.3 is 0 Å². The molecule has 0 aromatic carbocycles. The number of aliphatic hydroxyl groups excluding tert-OH is 1. The van der Waals surface area contributed by atoms with Gasteiger partial charge < -0.3 is 10.4 Å². The van der Waals surface area contributed by atoms with Gasteiger partial charge in [0.05, 0.1) is 6.61 Å². The molecule has 5 nitrogen and oxygen atoms in total. The Labute approximate surface area is 87.8 Å². The van der Waals surface area contributed by atoms with E-state index in [9.17, 15) is 0 Å². The van der Waals surface area contributed by atoms with Crippen LogP contribution in [0, 0.1) is 16.7 Å². The van der Waals surface area contributed by atoms with Crippen LogP contribution in [-0.2, 0) is 0 Å². The Bertz CT molecular complexity index is 395. The zero-order valence-corrected chi connectivity index (χ0v) is 8.27. The predicted molar refractivity (Wildman–Crippen MR) is 54.0 cm³/mol. The second-order valence-electron chi connectivity index (χ2n) is 3.89. The third-order valence-corrected chi connectivity index (χ3v) is 2.68. The highest BCUT2D eigenvalue weighted by atomic mass is 16.3. The van der Waals surface area contributed by atoms with Crippen molar-refractivity contribution in [2.45, 2.75) is 12.8 Å². The van der Waals surface area contributed by atoms with Crippen LogP contribution < -0.4 is 5.32 Å². The minimum absolute atomic E-state index is 0.0198. The van der Waals surface area contributed by atoms with Crippen molar-refractivity contribution in [3.63, 3.8) is 0 Å². The minimum Gasteiger partial charge on any atom is -0.396 e. The van der Waals surface area contributed by atoms with Gasteiger partial charge in [-0.3, -0.25) is 0 Å². The van der Waals surface area contributed by atoms with E-state index < -0.39 is 0 Å². The molecule has 15 heavy (non-hydrogen) atoms. The van der Waals surface area contributed by atoms with Crippen molar-refractivity contribution < 1.29 is 5.11 Å². The first-order chi connectivity index (χ1) is 7.28. The monoisotopic (exact) mass is 204 g/mol. The second kappa shape index (κ2) is 3.83. The Morgan fingerprint density at radius 2 is 2.40 bits per heavy atom. The highest BCUT2D eigenvalue weighted by molar-refractivity contribution is 5.30. The summed E-state index contributed by atoms with van der Waals surface area (Å²) >= 11 is 0. The highest BCUT2D eigenvalue weighted by Gasteiger charge is 2.41. The fourth-order valence-corrected chi connectivity index (χ4v) is 1.34. The Morgan fingerprint density at radius 3 is 3.00 bits per heavy atom. The van der Waals surface area contributed by atoms with Gasteiger partial charge in [0, 0.05) is 18.2 Å². The average Bonchev–Trinajstić information content (AvgIpc) is 3.07. The van der Waals surface area contributed by atoms with Crippen molar-refractivity contribution >= 4 is 5.95 Å². The lowest BCUT2D eigenvalue weighted by Crippen LogP contribution is -2.20. The quantitative estimate of drug-likeness (QED) is 0.747. The summed E-state index contributed by atoms with van der Waals surface area (Å²) in [6.07, 6.45) is 3.62. The Morgan fingerprint density at radius 1 is 1.60 bits per heavy atom. The third-order valence-electron chi connectivity index (χ3n) is 2.68. The van der Waals surface area contributed by atoms with Gasteiger partial charge in [0.1, 0.15) is 11.8 Å². The molecule has 0 spiro atoms. The molecule has 78 valence electrons. The maximum atomic E-state index is 9.10. The van der Waals surface area contributed by atoms with Gasteiger partial charge in [-0.05, 0) is 18.9 Å². The van der Waals surface area contributed by atoms with Gasteiger partial charge in [0.2, 0.25) is 5.95 Å². The summed E-state index contributed by atoms with van der Waals surface area (Å²) in [6.45, 7) is 0.857. The second-order valence-corrected chi connectivity index (χ2v) is 3.89. The normalized spacial score (nSPS) is 16.8. The first-order valence-corrected chi connectivity index (χ1v) is 4.86.